The number of carbonyl (C=O) groups is 2. The molecular weight excluding hydrogens is 526 g/mol. The van der Waals surface area contributed by atoms with E-state index in [-0.39, 0.29) is 11.2 Å². The fourth-order valence-corrected chi connectivity index (χ4v) is 3.90. The van der Waals surface area contributed by atoms with Crippen molar-refractivity contribution in [1.82, 2.24) is 15.5 Å². The van der Waals surface area contributed by atoms with Crippen LogP contribution in [0.2, 0.25) is 0 Å². The van der Waals surface area contributed by atoms with Crippen LogP contribution in [0.5, 0.6) is 5.75 Å². The van der Waals surface area contributed by atoms with Gasteiger partial charge in [-0.3, -0.25) is 14.9 Å². The molecule has 0 saturated carbocycles. The van der Waals surface area contributed by atoms with Crippen molar-refractivity contribution < 1.29 is 40.7 Å². The molecule has 1 unspecified atom stereocenters. The van der Waals surface area contributed by atoms with E-state index in [0.717, 1.165) is 11.3 Å². The van der Waals surface area contributed by atoms with Crippen molar-refractivity contribution in [1.29, 1.82) is 0 Å². The van der Waals surface area contributed by atoms with Crippen molar-refractivity contribution in [3.05, 3.63) is 59.2 Å². The van der Waals surface area contributed by atoms with Crippen LogP contribution in [0.25, 0.3) is 10.6 Å². The summed E-state index contributed by atoms with van der Waals surface area (Å²) in [5.41, 5.74) is -3.48. The average molecular weight is 546 g/mol. The lowest BCUT2D eigenvalue weighted by molar-refractivity contribution is -0.143. The lowest BCUT2D eigenvalue weighted by Crippen LogP contribution is -2.47. The minimum Gasteiger partial charge on any atom is -0.497 e. The molecule has 0 aliphatic heterocycles. The summed E-state index contributed by atoms with van der Waals surface area (Å²) in [5.74, 6) is -2.00. The number of carbonyl (C=O) groups excluding carboxylic acids is 2. The number of aromatic nitrogens is 2. The van der Waals surface area contributed by atoms with E-state index in [4.69, 9.17) is 4.74 Å². The van der Waals surface area contributed by atoms with Crippen molar-refractivity contribution >= 4 is 28.3 Å². The summed E-state index contributed by atoms with van der Waals surface area (Å²) < 4.78 is 83.9. The zero-order valence-corrected chi connectivity index (χ0v) is 20.3. The second-order valence-electron chi connectivity index (χ2n) is 8.12. The van der Waals surface area contributed by atoms with Gasteiger partial charge < -0.3 is 10.1 Å². The van der Waals surface area contributed by atoms with Crippen LogP contribution in [0.1, 0.15) is 35.3 Å². The van der Waals surface area contributed by atoms with Crippen LogP contribution < -0.4 is 15.4 Å². The Morgan fingerprint density at radius 1 is 0.919 bits per heavy atom. The van der Waals surface area contributed by atoms with Crippen molar-refractivity contribution in [2.75, 3.05) is 12.4 Å². The molecule has 0 bridgehead atoms. The van der Waals surface area contributed by atoms with Crippen molar-refractivity contribution in [2.45, 2.75) is 32.2 Å². The monoisotopic (exact) mass is 546 g/mol. The van der Waals surface area contributed by atoms with Crippen LogP contribution in [0, 0.1) is 5.92 Å². The highest BCUT2D eigenvalue weighted by molar-refractivity contribution is 7.18. The summed E-state index contributed by atoms with van der Waals surface area (Å²) in [6, 6.07) is 6.08. The number of amides is 2. The number of methoxy groups -OCH3 is 1. The van der Waals surface area contributed by atoms with E-state index in [9.17, 15) is 35.9 Å². The molecule has 2 aromatic carbocycles. The van der Waals surface area contributed by atoms with Gasteiger partial charge in [0.1, 0.15) is 16.8 Å². The van der Waals surface area contributed by atoms with Crippen LogP contribution in [0.4, 0.5) is 31.5 Å². The molecule has 37 heavy (non-hydrogen) atoms. The third-order valence-corrected chi connectivity index (χ3v) is 5.97. The Balaban J connectivity index is 1.79. The van der Waals surface area contributed by atoms with E-state index < -0.39 is 52.8 Å². The number of alkyl halides is 6. The Kier molecular flexibility index (Phi) is 8.10. The molecule has 0 radical (unpaired) electrons. The fraction of sp³-hybridized carbons (Fsp3) is 0.304. The van der Waals surface area contributed by atoms with Gasteiger partial charge in [-0.25, -0.2) is 0 Å². The van der Waals surface area contributed by atoms with E-state index in [1.807, 2.05) is 0 Å². The first-order valence-corrected chi connectivity index (χ1v) is 11.4. The van der Waals surface area contributed by atoms with Gasteiger partial charge in [-0.05, 0) is 48.4 Å². The van der Waals surface area contributed by atoms with Gasteiger partial charge in [-0.1, -0.05) is 25.2 Å². The van der Waals surface area contributed by atoms with Gasteiger partial charge in [0.15, 0.2) is 0 Å². The van der Waals surface area contributed by atoms with Crippen molar-refractivity contribution in [3.8, 4) is 16.3 Å². The first kappa shape index (κ1) is 27.9. The molecule has 0 aliphatic carbocycles. The summed E-state index contributed by atoms with van der Waals surface area (Å²) in [6.07, 6.45) is -10.2. The second-order valence-corrected chi connectivity index (χ2v) is 9.10. The molecule has 0 fully saturated rings. The van der Waals surface area contributed by atoms with Gasteiger partial charge in [-0.2, -0.15) is 26.3 Å². The first-order valence-electron chi connectivity index (χ1n) is 10.6. The predicted octanol–water partition coefficient (Wildman–Crippen LogP) is 5.64. The van der Waals surface area contributed by atoms with Crippen molar-refractivity contribution in [3.63, 3.8) is 0 Å². The molecule has 3 rings (SSSR count). The highest BCUT2D eigenvalue weighted by Gasteiger charge is 2.38. The third-order valence-electron chi connectivity index (χ3n) is 5.08. The van der Waals surface area contributed by atoms with Gasteiger partial charge in [0.25, 0.3) is 5.91 Å². The molecule has 7 nitrogen and oxygen atoms in total. The normalized spacial score (nSPS) is 12.8. The summed E-state index contributed by atoms with van der Waals surface area (Å²) in [5, 5.41) is 13.1. The van der Waals surface area contributed by atoms with E-state index >= 15 is 0 Å². The van der Waals surface area contributed by atoms with Crippen LogP contribution in [0.3, 0.4) is 0 Å². The third kappa shape index (κ3) is 6.96. The molecule has 0 aliphatic rings. The number of halogens is 6. The Morgan fingerprint density at radius 3 is 1.97 bits per heavy atom. The molecule has 3 aromatic rings. The molecule has 0 saturated heterocycles. The zero-order valence-electron chi connectivity index (χ0n) is 19.5. The summed E-state index contributed by atoms with van der Waals surface area (Å²) in [7, 11) is 1.51. The number of hydrogen-bond acceptors (Lipinski definition) is 6. The number of hydrogen-bond donors (Lipinski definition) is 2. The van der Waals surface area contributed by atoms with E-state index in [1.165, 1.54) is 7.11 Å². The van der Waals surface area contributed by atoms with Crippen LogP contribution in [0.15, 0.2) is 42.5 Å². The SMILES string of the molecule is COc1ccc(-c2nnc(NC(=O)C(NC(=O)c3cc(C(F)(F)F)cc(C(F)(F)F)c3)C(C)C)s2)cc1. The van der Waals surface area contributed by atoms with Gasteiger partial charge in [0.05, 0.1) is 18.2 Å². The van der Waals surface area contributed by atoms with Gasteiger partial charge >= 0.3 is 12.4 Å². The lowest BCUT2D eigenvalue weighted by atomic mass is 10.0. The maximum absolute atomic E-state index is 13.1. The molecule has 1 aromatic heterocycles. The average Bonchev–Trinajstić information content (AvgIpc) is 3.29. The molecule has 1 heterocycles. The predicted molar refractivity (Wildman–Crippen MR) is 123 cm³/mol. The standard InChI is InChI=1S/C23H20F6N4O3S/c1-11(2)17(19(35)31-21-33-32-20(37-21)12-4-6-16(36-3)7-5-12)30-18(34)13-8-14(22(24,25)26)10-15(9-13)23(27,28)29/h4-11,17H,1-3H3,(H,30,34)(H,31,33,35). The number of rotatable bonds is 7. The number of benzene rings is 2. The van der Waals surface area contributed by atoms with E-state index in [0.29, 0.717) is 28.5 Å². The molecular formula is C23H20F6N4O3S. The Bertz CT molecular complexity index is 1240. The molecule has 2 amide bonds. The lowest BCUT2D eigenvalue weighted by Gasteiger charge is -2.21. The van der Waals surface area contributed by atoms with Crippen LogP contribution in [-0.4, -0.2) is 35.2 Å². The van der Waals surface area contributed by atoms with Crippen molar-refractivity contribution in [2.24, 2.45) is 5.92 Å². The highest BCUT2D eigenvalue weighted by Crippen LogP contribution is 2.36. The number of ether oxygens (including phenoxy) is 1. The quantitative estimate of drug-likeness (QED) is 0.374. The minimum absolute atomic E-state index is 0.0779. The minimum atomic E-state index is -5.12. The molecule has 198 valence electrons. The first-order chi connectivity index (χ1) is 17.2. The smallest absolute Gasteiger partial charge is 0.416 e. The Morgan fingerprint density at radius 2 is 1.49 bits per heavy atom. The summed E-state index contributed by atoms with van der Waals surface area (Å²) in [4.78, 5) is 25.5. The maximum atomic E-state index is 13.1. The Labute approximate surface area is 210 Å². The van der Waals surface area contributed by atoms with Crippen LogP contribution >= 0.6 is 11.3 Å². The topological polar surface area (TPSA) is 93.2 Å². The molecule has 1 atom stereocenters. The fourth-order valence-electron chi connectivity index (χ4n) is 3.15. The maximum Gasteiger partial charge on any atom is 0.416 e. The number of nitrogens with one attached hydrogen (secondary N) is 2. The second kappa shape index (κ2) is 10.7. The number of nitrogens with zero attached hydrogens (tertiary/aromatic N) is 2. The van der Waals surface area contributed by atoms with Gasteiger partial charge in [-0.15, -0.1) is 10.2 Å². The molecule has 14 heteroatoms. The molecule has 0 spiro atoms. The van der Waals surface area contributed by atoms with Gasteiger partial charge in [0.2, 0.25) is 11.0 Å². The Hall–Kier alpha value is -3.68. The number of anilines is 1. The summed E-state index contributed by atoms with van der Waals surface area (Å²) >= 11 is 1.02. The molecule has 2 N–H and O–H groups in total. The van der Waals surface area contributed by atoms with Gasteiger partial charge in [0, 0.05) is 11.1 Å². The zero-order chi connectivity index (χ0) is 27.5. The van der Waals surface area contributed by atoms with E-state index in [2.05, 4.69) is 20.8 Å². The largest absolute Gasteiger partial charge is 0.497 e. The van der Waals surface area contributed by atoms with Crippen LogP contribution in [-0.2, 0) is 17.1 Å². The summed E-state index contributed by atoms with van der Waals surface area (Å²) in [6.45, 7) is 3.08. The van der Waals surface area contributed by atoms with E-state index in [1.54, 1.807) is 38.1 Å². The highest BCUT2D eigenvalue weighted by atomic mass is 32.1.